The summed E-state index contributed by atoms with van der Waals surface area (Å²) in [6, 6.07) is -0.411. The number of carbonyl (C=O) groups excluding carboxylic acids is 1. The minimum Gasteiger partial charge on any atom is -0.480 e. The van der Waals surface area contributed by atoms with Crippen molar-refractivity contribution in [2.45, 2.75) is 38.6 Å². The van der Waals surface area contributed by atoms with Crippen molar-refractivity contribution in [1.82, 2.24) is 9.80 Å². The lowest BCUT2D eigenvalue weighted by atomic mass is 10.1. The van der Waals surface area contributed by atoms with Gasteiger partial charge in [0.05, 0.1) is 12.6 Å². The third kappa shape index (κ3) is 5.57. The molecule has 1 fully saturated rings. The lowest BCUT2D eigenvalue weighted by Gasteiger charge is -2.24. The zero-order valence-electron chi connectivity index (χ0n) is 11.7. The molecule has 0 aromatic rings. The zero-order valence-corrected chi connectivity index (χ0v) is 11.7. The van der Waals surface area contributed by atoms with Gasteiger partial charge in [0.1, 0.15) is 0 Å². The predicted octanol–water partition coefficient (Wildman–Crippen LogP) is 0.123. The Balaban J connectivity index is 2.43. The fourth-order valence-corrected chi connectivity index (χ4v) is 2.32. The molecule has 1 amide bonds. The van der Waals surface area contributed by atoms with Crippen molar-refractivity contribution >= 4 is 11.9 Å². The van der Waals surface area contributed by atoms with E-state index in [2.05, 4.69) is 6.92 Å². The third-order valence-electron chi connectivity index (χ3n) is 3.44. The van der Waals surface area contributed by atoms with Gasteiger partial charge in [0.25, 0.3) is 0 Å². The number of nitrogens with zero attached hydrogens (tertiary/aromatic N) is 2. The van der Waals surface area contributed by atoms with Crippen LogP contribution in [-0.2, 0) is 9.59 Å². The summed E-state index contributed by atoms with van der Waals surface area (Å²) in [7, 11) is 0. The lowest BCUT2D eigenvalue weighted by Crippen LogP contribution is -2.45. The van der Waals surface area contributed by atoms with Crippen LogP contribution < -0.4 is 5.73 Å². The Bertz CT molecular complexity index is 310. The summed E-state index contributed by atoms with van der Waals surface area (Å²) in [4.78, 5) is 26.5. The minimum absolute atomic E-state index is 0.00521. The van der Waals surface area contributed by atoms with E-state index in [1.54, 1.807) is 4.90 Å². The van der Waals surface area contributed by atoms with Crippen LogP contribution in [0.3, 0.4) is 0 Å². The van der Waals surface area contributed by atoms with Crippen LogP contribution in [0.4, 0.5) is 0 Å². The molecule has 0 radical (unpaired) electrons. The quantitative estimate of drug-likeness (QED) is 0.716. The van der Waals surface area contributed by atoms with Gasteiger partial charge in [0.2, 0.25) is 5.91 Å². The molecule has 0 aromatic heterocycles. The van der Waals surface area contributed by atoms with Gasteiger partial charge in [-0.15, -0.1) is 0 Å². The molecule has 6 heteroatoms. The number of hydrogen-bond acceptors (Lipinski definition) is 4. The van der Waals surface area contributed by atoms with Crippen molar-refractivity contribution in [3.63, 3.8) is 0 Å². The van der Waals surface area contributed by atoms with Crippen molar-refractivity contribution in [3.8, 4) is 0 Å². The fraction of sp³-hybridized carbons (Fsp3) is 0.846. The highest BCUT2D eigenvalue weighted by atomic mass is 16.4. The van der Waals surface area contributed by atoms with Crippen molar-refractivity contribution in [2.24, 2.45) is 5.73 Å². The van der Waals surface area contributed by atoms with Crippen molar-refractivity contribution in [1.29, 1.82) is 0 Å². The molecule has 1 rings (SSSR count). The molecule has 1 heterocycles. The summed E-state index contributed by atoms with van der Waals surface area (Å²) in [5, 5.41) is 8.78. The van der Waals surface area contributed by atoms with E-state index >= 15 is 0 Å². The maximum absolute atomic E-state index is 12.2. The van der Waals surface area contributed by atoms with Crippen LogP contribution in [0, 0.1) is 0 Å². The Hall–Kier alpha value is -1.14. The van der Waals surface area contributed by atoms with E-state index in [4.69, 9.17) is 10.8 Å². The van der Waals surface area contributed by atoms with E-state index in [9.17, 15) is 9.59 Å². The van der Waals surface area contributed by atoms with Crippen molar-refractivity contribution < 1.29 is 14.7 Å². The molecule has 19 heavy (non-hydrogen) atoms. The number of aliphatic carboxylic acids is 1. The largest absolute Gasteiger partial charge is 0.480 e. The van der Waals surface area contributed by atoms with Gasteiger partial charge in [-0.3, -0.25) is 14.5 Å². The van der Waals surface area contributed by atoms with Crippen LogP contribution in [0.2, 0.25) is 0 Å². The smallest absolute Gasteiger partial charge is 0.317 e. The molecule has 0 aliphatic carbocycles. The Morgan fingerprint density at radius 2 is 2.00 bits per heavy atom. The van der Waals surface area contributed by atoms with Crippen LogP contribution in [0.5, 0.6) is 0 Å². The number of rotatable bonds is 6. The Kier molecular flexibility index (Phi) is 6.80. The highest BCUT2D eigenvalue weighted by molar-refractivity contribution is 5.81. The second-order valence-electron chi connectivity index (χ2n) is 5.10. The molecule has 3 N–H and O–H groups in total. The van der Waals surface area contributed by atoms with Crippen LogP contribution in [0.25, 0.3) is 0 Å². The highest BCUT2D eigenvalue weighted by Crippen LogP contribution is 2.07. The van der Waals surface area contributed by atoms with E-state index in [0.717, 1.165) is 32.2 Å². The van der Waals surface area contributed by atoms with Crippen molar-refractivity contribution in [3.05, 3.63) is 0 Å². The Morgan fingerprint density at radius 3 is 2.63 bits per heavy atom. The Morgan fingerprint density at radius 1 is 1.26 bits per heavy atom. The van der Waals surface area contributed by atoms with Gasteiger partial charge in [-0.2, -0.15) is 0 Å². The molecular formula is C13H25N3O3. The zero-order chi connectivity index (χ0) is 14.3. The van der Waals surface area contributed by atoms with E-state index in [-0.39, 0.29) is 12.5 Å². The monoisotopic (exact) mass is 271 g/mol. The van der Waals surface area contributed by atoms with Crippen LogP contribution in [0.1, 0.15) is 32.6 Å². The summed E-state index contributed by atoms with van der Waals surface area (Å²) in [5.74, 6) is -0.815. The van der Waals surface area contributed by atoms with Gasteiger partial charge in [-0.05, 0) is 12.8 Å². The summed E-state index contributed by atoms with van der Waals surface area (Å²) in [5.41, 5.74) is 5.90. The molecule has 6 nitrogen and oxygen atoms in total. The fourth-order valence-electron chi connectivity index (χ4n) is 2.32. The molecule has 110 valence electrons. The third-order valence-corrected chi connectivity index (χ3v) is 3.44. The molecule has 1 unspecified atom stereocenters. The van der Waals surface area contributed by atoms with Crippen molar-refractivity contribution in [2.75, 3.05) is 32.7 Å². The van der Waals surface area contributed by atoms with Gasteiger partial charge in [-0.25, -0.2) is 0 Å². The molecule has 1 aliphatic heterocycles. The van der Waals surface area contributed by atoms with Crippen LogP contribution >= 0.6 is 0 Å². The minimum atomic E-state index is -0.820. The van der Waals surface area contributed by atoms with Gasteiger partial charge in [0.15, 0.2) is 0 Å². The second kappa shape index (κ2) is 8.12. The molecular weight excluding hydrogens is 246 g/mol. The SMILES string of the molecule is CCCCC(N)C(=O)N1CCCN(CC(=O)O)CC1. The van der Waals surface area contributed by atoms with Gasteiger partial charge < -0.3 is 15.7 Å². The molecule has 0 aromatic carbocycles. The first-order valence-electron chi connectivity index (χ1n) is 7.03. The average molecular weight is 271 g/mol. The molecule has 1 aliphatic rings. The number of hydrogen-bond donors (Lipinski definition) is 2. The predicted molar refractivity (Wildman–Crippen MR) is 72.8 cm³/mol. The van der Waals surface area contributed by atoms with Crippen LogP contribution in [-0.4, -0.2) is 65.5 Å². The van der Waals surface area contributed by atoms with Gasteiger partial charge in [-0.1, -0.05) is 19.8 Å². The number of unbranched alkanes of at least 4 members (excludes halogenated alkanes) is 1. The topological polar surface area (TPSA) is 86.9 Å². The number of carboxylic acid groups (broad SMARTS) is 1. The summed E-state index contributed by atoms with van der Waals surface area (Å²) < 4.78 is 0. The second-order valence-corrected chi connectivity index (χ2v) is 5.10. The number of amides is 1. The normalized spacial score (nSPS) is 18.9. The van der Waals surface area contributed by atoms with Gasteiger partial charge in [0, 0.05) is 26.2 Å². The summed E-state index contributed by atoms with van der Waals surface area (Å²) in [6.07, 6.45) is 3.53. The first-order valence-corrected chi connectivity index (χ1v) is 7.03. The Labute approximate surface area is 114 Å². The van der Waals surface area contributed by atoms with E-state index in [0.29, 0.717) is 19.6 Å². The maximum atomic E-state index is 12.2. The highest BCUT2D eigenvalue weighted by Gasteiger charge is 2.23. The first-order chi connectivity index (χ1) is 9.04. The number of nitrogens with two attached hydrogens (primary N) is 1. The standard InChI is InChI=1S/C13H25N3O3/c1-2-3-5-11(14)13(19)16-7-4-6-15(8-9-16)10-12(17)18/h11H,2-10,14H2,1H3,(H,17,18). The molecule has 0 spiro atoms. The molecule has 1 atom stereocenters. The van der Waals surface area contributed by atoms with Crippen LogP contribution in [0.15, 0.2) is 0 Å². The summed E-state index contributed by atoms with van der Waals surface area (Å²) >= 11 is 0. The lowest BCUT2D eigenvalue weighted by molar-refractivity contribution is -0.138. The molecule has 0 bridgehead atoms. The molecule has 1 saturated heterocycles. The van der Waals surface area contributed by atoms with E-state index in [1.807, 2.05) is 4.90 Å². The van der Waals surface area contributed by atoms with Gasteiger partial charge >= 0.3 is 5.97 Å². The average Bonchev–Trinajstić information content (AvgIpc) is 2.60. The molecule has 0 saturated carbocycles. The number of carbonyl (C=O) groups is 2. The maximum Gasteiger partial charge on any atom is 0.317 e. The van der Waals surface area contributed by atoms with E-state index < -0.39 is 12.0 Å². The first kappa shape index (κ1) is 15.9. The van der Waals surface area contributed by atoms with E-state index in [1.165, 1.54) is 0 Å². The number of carboxylic acids is 1. The summed E-state index contributed by atoms with van der Waals surface area (Å²) in [6.45, 7) is 4.70.